The molecular weight excluding hydrogens is 438 g/mol. The number of phenols is 1. The van der Waals surface area contributed by atoms with Crippen LogP contribution in [0, 0.1) is 0 Å². The lowest BCUT2D eigenvalue weighted by Gasteiger charge is -2.43. The Labute approximate surface area is 180 Å². The number of ether oxygens (including phenoxy) is 1. The third-order valence-electron chi connectivity index (χ3n) is 4.91. The van der Waals surface area contributed by atoms with Gasteiger partial charge in [-0.05, 0) is 31.5 Å². The standard InChI is InChI=1S/C18H20ClN3O7S/c1-18(2)12(16(26)27)22-14(25)11(15(22)30-18)20-13(24)10(21-17(28)29-7-19)8-3-5-9(23)6-4-8/h3-6,10-12,15,23H,7H2,1-2H3,(H,20,24)(H,21,28)(H,26,27)/t10?,11-,12+,15-/m1/s1. The molecule has 3 rings (SSSR count). The number of hydrogen-bond donors (Lipinski definition) is 4. The predicted molar refractivity (Wildman–Crippen MR) is 107 cm³/mol. The molecule has 3 amide bonds. The summed E-state index contributed by atoms with van der Waals surface area (Å²) in [5.74, 6) is -2.34. The lowest BCUT2D eigenvalue weighted by Crippen LogP contribution is -2.71. The second kappa shape index (κ2) is 8.23. The van der Waals surface area contributed by atoms with Crippen molar-refractivity contribution >= 4 is 47.2 Å². The van der Waals surface area contributed by atoms with Crippen molar-refractivity contribution in [1.29, 1.82) is 0 Å². The fraction of sp³-hybridized carbons (Fsp3) is 0.444. The zero-order valence-corrected chi connectivity index (χ0v) is 17.6. The first kappa shape index (κ1) is 22.0. The van der Waals surface area contributed by atoms with Crippen LogP contribution in [-0.4, -0.2) is 67.3 Å². The van der Waals surface area contributed by atoms with E-state index in [4.69, 9.17) is 11.6 Å². The molecule has 12 heteroatoms. The molecule has 1 unspecified atom stereocenters. The fourth-order valence-corrected chi connectivity index (χ4v) is 5.28. The maximum Gasteiger partial charge on any atom is 0.409 e. The number of β-lactam (4-membered cyclic amide) rings is 1. The number of nitrogens with zero attached hydrogens (tertiary/aromatic N) is 1. The third-order valence-corrected chi connectivity index (χ3v) is 6.59. The normalized spacial score (nSPS) is 25.0. The van der Waals surface area contributed by atoms with Crippen LogP contribution in [0.3, 0.4) is 0 Å². The molecule has 0 saturated carbocycles. The molecule has 4 N–H and O–H groups in total. The number of hydrogen-bond acceptors (Lipinski definition) is 7. The van der Waals surface area contributed by atoms with Crippen LogP contribution in [0.5, 0.6) is 5.75 Å². The summed E-state index contributed by atoms with van der Waals surface area (Å²) >= 11 is 6.66. The van der Waals surface area contributed by atoms with Crippen molar-refractivity contribution in [1.82, 2.24) is 15.5 Å². The van der Waals surface area contributed by atoms with Gasteiger partial charge < -0.3 is 30.5 Å². The van der Waals surface area contributed by atoms with E-state index in [-0.39, 0.29) is 5.75 Å². The van der Waals surface area contributed by atoms with Crippen LogP contribution >= 0.6 is 23.4 Å². The summed E-state index contributed by atoms with van der Waals surface area (Å²) in [5, 5.41) is 23.4. The van der Waals surface area contributed by atoms with E-state index in [1.807, 2.05) is 0 Å². The average Bonchev–Trinajstić information content (AvgIpc) is 2.93. The summed E-state index contributed by atoms with van der Waals surface area (Å²) in [5.41, 5.74) is 0.336. The van der Waals surface area contributed by atoms with Crippen molar-refractivity contribution < 1.29 is 34.1 Å². The van der Waals surface area contributed by atoms with Gasteiger partial charge in [-0.15, -0.1) is 11.8 Å². The first-order valence-corrected chi connectivity index (χ1v) is 10.3. The number of aliphatic carboxylic acids is 1. The molecule has 0 radical (unpaired) electrons. The Balaban J connectivity index is 1.78. The van der Waals surface area contributed by atoms with Gasteiger partial charge in [0.2, 0.25) is 11.8 Å². The summed E-state index contributed by atoms with van der Waals surface area (Å²) in [7, 11) is 0. The number of nitrogens with one attached hydrogen (secondary N) is 2. The molecule has 30 heavy (non-hydrogen) atoms. The summed E-state index contributed by atoms with van der Waals surface area (Å²) in [6.07, 6.45) is -0.942. The predicted octanol–water partition coefficient (Wildman–Crippen LogP) is 0.988. The minimum atomic E-state index is -1.22. The van der Waals surface area contributed by atoms with Crippen LogP contribution in [0.1, 0.15) is 25.5 Å². The van der Waals surface area contributed by atoms with Crippen LogP contribution in [0.15, 0.2) is 24.3 Å². The SMILES string of the molecule is CC1(C)S[C@@H]2[C@H](NC(=O)C(NC(=O)OCCl)c3ccc(O)cc3)C(=O)N2[C@H]1C(=O)O. The van der Waals surface area contributed by atoms with Gasteiger partial charge in [-0.1, -0.05) is 23.7 Å². The van der Waals surface area contributed by atoms with E-state index in [0.29, 0.717) is 5.56 Å². The highest BCUT2D eigenvalue weighted by Gasteiger charge is 2.64. The van der Waals surface area contributed by atoms with Crippen molar-refractivity contribution in [2.75, 3.05) is 6.07 Å². The number of carboxylic acid groups (broad SMARTS) is 1. The molecule has 0 aliphatic carbocycles. The first-order chi connectivity index (χ1) is 14.1. The Kier molecular flexibility index (Phi) is 6.04. The van der Waals surface area contributed by atoms with E-state index in [0.717, 1.165) is 0 Å². The van der Waals surface area contributed by atoms with Gasteiger partial charge in [-0.2, -0.15) is 0 Å². The number of aromatic hydroxyl groups is 1. The minimum Gasteiger partial charge on any atom is -0.508 e. The molecule has 2 aliphatic rings. The smallest absolute Gasteiger partial charge is 0.409 e. The fourth-order valence-electron chi connectivity index (χ4n) is 3.56. The number of alkyl carbamates (subject to hydrolysis) is 1. The summed E-state index contributed by atoms with van der Waals surface area (Å²) in [6.45, 7) is 3.45. The average molecular weight is 458 g/mol. The van der Waals surface area contributed by atoms with E-state index < -0.39 is 58.2 Å². The van der Waals surface area contributed by atoms with Gasteiger partial charge in [0.05, 0.1) is 0 Å². The molecule has 0 spiro atoms. The topological polar surface area (TPSA) is 145 Å². The quantitative estimate of drug-likeness (QED) is 0.365. The van der Waals surface area contributed by atoms with E-state index >= 15 is 0 Å². The molecule has 0 bridgehead atoms. The van der Waals surface area contributed by atoms with Crippen LogP contribution < -0.4 is 10.6 Å². The van der Waals surface area contributed by atoms with Crippen molar-refractivity contribution in [2.24, 2.45) is 0 Å². The maximum absolute atomic E-state index is 12.9. The molecule has 162 valence electrons. The second-order valence-electron chi connectivity index (χ2n) is 7.29. The molecule has 10 nitrogen and oxygen atoms in total. The number of fused-ring (bicyclic) bond motifs is 1. The molecule has 2 fully saturated rings. The minimum absolute atomic E-state index is 0.0321. The molecule has 2 aliphatic heterocycles. The van der Waals surface area contributed by atoms with Crippen LogP contribution in [-0.2, 0) is 19.1 Å². The lowest BCUT2D eigenvalue weighted by molar-refractivity contribution is -0.161. The Morgan fingerprint density at radius 2 is 1.93 bits per heavy atom. The van der Waals surface area contributed by atoms with E-state index in [2.05, 4.69) is 15.4 Å². The summed E-state index contributed by atoms with van der Waals surface area (Å²) in [6, 6.07) is 1.97. The number of halogens is 1. The van der Waals surface area contributed by atoms with Gasteiger partial charge >= 0.3 is 12.1 Å². The zero-order valence-electron chi connectivity index (χ0n) is 16.0. The number of alkyl halides is 1. The second-order valence-corrected chi connectivity index (χ2v) is 9.28. The van der Waals surface area contributed by atoms with Crippen LogP contribution in [0.4, 0.5) is 4.79 Å². The van der Waals surface area contributed by atoms with Gasteiger partial charge in [0, 0.05) is 4.75 Å². The van der Waals surface area contributed by atoms with E-state index in [1.165, 1.54) is 40.9 Å². The van der Waals surface area contributed by atoms with Gasteiger partial charge in [0.1, 0.15) is 29.2 Å². The Morgan fingerprint density at radius 3 is 2.50 bits per heavy atom. The van der Waals surface area contributed by atoms with Gasteiger partial charge in [-0.3, -0.25) is 9.59 Å². The largest absolute Gasteiger partial charge is 0.508 e. The van der Waals surface area contributed by atoms with Crippen molar-refractivity contribution in [3.63, 3.8) is 0 Å². The number of phenolic OH excluding ortho intramolecular Hbond substituents is 1. The molecule has 0 aromatic heterocycles. The van der Waals surface area contributed by atoms with Crippen molar-refractivity contribution in [2.45, 2.75) is 42.1 Å². The van der Waals surface area contributed by atoms with Gasteiger partial charge in [0.25, 0.3) is 0 Å². The summed E-state index contributed by atoms with van der Waals surface area (Å²) < 4.78 is 3.88. The van der Waals surface area contributed by atoms with E-state index in [9.17, 15) is 29.4 Å². The Bertz CT molecular complexity index is 879. The number of carbonyl (C=O) groups excluding carboxylic acids is 3. The van der Waals surface area contributed by atoms with Gasteiger partial charge in [-0.25, -0.2) is 9.59 Å². The third kappa shape index (κ3) is 3.99. The molecule has 1 aromatic carbocycles. The number of carboxylic acids is 1. The van der Waals surface area contributed by atoms with Crippen molar-refractivity contribution in [3.8, 4) is 5.75 Å². The number of rotatable bonds is 6. The lowest BCUT2D eigenvalue weighted by atomic mass is 9.95. The molecule has 4 atom stereocenters. The Hall–Kier alpha value is -2.66. The molecule has 1 aromatic rings. The molecule has 2 heterocycles. The van der Waals surface area contributed by atoms with Crippen LogP contribution in [0.25, 0.3) is 0 Å². The number of amides is 3. The van der Waals surface area contributed by atoms with Gasteiger partial charge in [0.15, 0.2) is 6.07 Å². The van der Waals surface area contributed by atoms with Crippen LogP contribution in [0.2, 0.25) is 0 Å². The highest BCUT2D eigenvalue weighted by Crippen LogP contribution is 2.50. The summed E-state index contributed by atoms with van der Waals surface area (Å²) in [4.78, 5) is 50.2. The highest BCUT2D eigenvalue weighted by atomic mass is 35.5. The maximum atomic E-state index is 12.9. The molecular formula is C18H20ClN3O7S. The highest BCUT2D eigenvalue weighted by molar-refractivity contribution is 8.01. The number of benzene rings is 1. The van der Waals surface area contributed by atoms with Crippen molar-refractivity contribution in [3.05, 3.63) is 29.8 Å². The first-order valence-electron chi connectivity index (χ1n) is 8.88. The number of carbonyl (C=O) groups is 4. The number of thioether (sulfide) groups is 1. The monoisotopic (exact) mass is 457 g/mol. The zero-order chi connectivity index (χ0) is 22.2. The Morgan fingerprint density at radius 1 is 1.30 bits per heavy atom. The van der Waals surface area contributed by atoms with E-state index in [1.54, 1.807) is 13.8 Å². The molecule has 2 saturated heterocycles.